The second-order valence-corrected chi connectivity index (χ2v) is 7.19. The topological polar surface area (TPSA) is 15.3 Å². The Kier molecular flexibility index (Phi) is 6.36. The molecule has 0 saturated carbocycles. The molecule has 1 aliphatic heterocycles. The van der Waals surface area contributed by atoms with Crippen molar-refractivity contribution < 1.29 is 0 Å². The summed E-state index contributed by atoms with van der Waals surface area (Å²) >= 11 is 13.0. The minimum atomic E-state index is 0.292. The zero-order chi connectivity index (χ0) is 15.4. The number of nitrogens with zero attached hydrogens (tertiary/aromatic N) is 1. The van der Waals surface area contributed by atoms with Crippen molar-refractivity contribution in [3.63, 3.8) is 0 Å². The number of benzene rings is 1. The molecule has 1 aromatic carbocycles. The highest BCUT2D eigenvalue weighted by Gasteiger charge is 2.31. The summed E-state index contributed by atoms with van der Waals surface area (Å²) in [6.07, 6.45) is 3.73. The van der Waals surface area contributed by atoms with Crippen molar-refractivity contribution in [2.45, 2.75) is 45.2 Å². The summed E-state index contributed by atoms with van der Waals surface area (Å²) in [7, 11) is 2.19. The molecular formula is C17H26Cl2N2. The van der Waals surface area contributed by atoms with E-state index in [-0.39, 0.29) is 0 Å². The lowest BCUT2D eigenvalue weighted by Gasteiger charge is -2.34. The average molecular weight is 329 g/mol. The van der Waals surface area contributed by atoms with E-state index in [1.807, 2.05) is 18.2 Å². The van der Waals surface area contributed by atoms with Gasteiger partial charge < -0.3 is 5.32 Å². The number of hydrogen-bond acceptors (Lipinski definition) is 2. The summed E-state index contributed by atoms with van der Waals surface area (Å²) in [6.45, 7) is 6.49. The summed E-state index contributed by atoms with van der Waals surface area (Å²) in [4.78, 5) is 2.42. The maximum absolute atomic E-state index is 6.48. The van der Waals surface area contributed by atoms with Crippen LogP contribution in [-0.2, 0) is 0 Å². The number of hydrogen-bond donors (Lipinski definition) is 1. The number of rotatable bonds is 4. The van der Waals surface area contributed by atoms with Crippen LogP contribution in [0.3, 0.4) is 0 Å². The summed E-state index contributed by atoms with van der Waals surface area (Å²) in [5, 5.41) is 5.16. The molecule has 0 aromatic heterocycles. The lowest BCUT2D eigenvalue weighted by molar-refractivity contribution is 0.187. The molecule has 118 valence electrons. The molecule has 0 bridgehead atoms. The lowest BCUT2D eigenvalue weighted by Crippen LogP contribution is -2.37. The number of likely N-dealkylation sites (tertiary alicyclic amines) is 1. The highest BCUT2D eigenvalue weighted by molar-refractivity contribution is 6.36. The lowest BCUT2D eigenvalue weighted by atomic mass is 9.89. The predicted octanol–water partition coefficient (Wildman–Crippen LogP) is 4.76. The first-order valence-electron chi connectivity index (χ1n) is 7.88. The maximum Gasteiger partial charge on any atom is 0.0468 e. The smallest absolute Gasteiger partial charge is 0.0468 e. The van der Waals surface area contributed by atoms with E-state index in [0.29, 0.717) is 18.0 Å². The van der Waals surface area contributed by atoms with E-state index in [0.717, 1.165) is 28.7 Å². The van der Waals surface area contributed by atoms with Crippen molar-refractivity contribution in [1.29, 1.82) is 0 Å². The highest BCUT2D eigenvalue weighted by atomic mass is 35.5. The van der Waals surface area contributed by atoms with Gasteiger partial charge in [0.1, 0.15) is 0 Å². The van der Waals surface area contributed by atoms with E-state index in [1.54, 1.807) is 0 Å². The van der Waals surface area contributed by atoms with Crippen molar-refractivity contribution in [3.05, 3.63) is 33.8 Å². The first-order valence-corrected chi connectivity index (χ1v) is 8.63. The zero-order valence-electron chi connectivity index (χ0n) is 13.2. The Bertz CT molecular complexity index is 442. The monoisotopic (exact) mass is 328 g/mol. The molecule has 2 rings (SSSR count). The van der Waals surface area contributed by atoms with Crippen molar-refractivity contribution in [2.75, 3.05) is 20.1 Å². The van der Waals surface area contributed by atoms with Gasteiger partial charge in [0.05, 0.1) is 0 Å². The normalized spacial score (nSPS) is 24.3. The Hall–Kier alpha value is -0.280. The van der Waals surface area contributed by atoms with Crippen LogP contribution in [0.1, 0.15) is 44.7 Å². The molecule has 4 heteroatoms. The van der Waals surface area contributed by atoms with Gasteiger partial charge in [0.2, 0.25) is 0 Å². The van der Waals surface area contributed by atoms with Gasteiger partial charge in [-0.25, -0.2) is 0 Å². The van der Waals surface area contributed by atoms with Crippen molar-refractivity contribution in [3.8, 4) is 0 Å². The SMILES string of the molecule is CC(C)NCC1CCCCN(C)C1c1c(Cl)cccc1Cl. The minimum absolute atomic E-state index is 0.292. The van der Waals surface area contributed by atoms with Gasteiger partial charge in [-0.15, -0.1) is 0 Å². The van der Waals surface area contributed by atoms with Gasteiger partial charge in [-0.05, 0) is 44.5 Å². The predicted molar refractivity (Wildman–Crippen MR) is 92.3 cm³/mol. The molecule has 21 heavy (non-hydrogen) atoms. The van der Waals surface area contributed by atoms with Crippen LogP contribution >= 0.6 is 23.2 Å². The Morgan fingerprint density at radius 2 is 1.90 bits per heavy atom. The number of nitrogens with one attached hydrogen (secondary N) is 1. The first kappa shape index (κ1) is 17.1. The Morgan fingerprint density at radius 1 is 1.24 bits per heavy atom. The standard InChI is InChI=1S/C17H26Cl2N2/c1-12(2)20-11-13-7-4-5-10-21(3)17(13)16-14(18)8-6-9-15(16)19/h6,8-9,12-13,17,20H,4-5,7,10-11H2,1-3H3. The van der Waals surface area contributed by atoms with Gasteiger partial charge in [-0.3, -0.25) is 4.90 Å². The van der Waals surface area contributed by atoms with Crippen molar-refractivity contribution in [1.82, 2.24) is 10.2 Å². The summed E-state index contributed by atoms with van der Waals surface area (Å²) in [5.74, 6) is 0.539. The molecule has 2 unspecified atom stereocenters. The molecule has 0 aliphatic carbocycles. The zero-order valence-corrected chi connectivity index (χ0v) is 14.7. The van der Waals surface area contributed by atoms with Crippen molar-refractivity contribution in [2.24, 2.45) is 5.92 Å². The van der Waals surface area contributed by atoms with E-state index in [2.05, 4.69) is 31.1 Å². The van der Waals surface area contributed by atoms with Gasteiger partial charge in [0.25, 0.3) is 0 Å². The van der Waals surface area contributed by atoms with Crippen molar-refractivity contribution >= 4 is 23.2 Å². The third-order valence-electron chi connectivity index (χ3n) is 4.34. The molecule has 1 saturated heterocycles. The third kappa shape index (κ3) is 4.35. The fourth-order valence-corrected chi connectivity index (χ4v) is 3.90. The van der Waals surface area contributed by atoms with E-state index in [4.69, 9.17) is 23.2 Å². The second-order valence-electron chi connectivity index (χ2n) is 6.38. The molecule has 1 N–H and O–H groups in total. The van der Waals surface area contributed by atoms with Crippen LogP contribution in [0.15, 0.2) is 18.2 Å². The summed E-state index contributed by atoms with van der Waals surface area (Å²) in [6, 6.07) is 6.62. The van der Waals surface area contributed by atoms with Crippen LogP contribution < -0.4 is 5.32 Å². The van der Waals surface area contributed by atoms with E-state index >= 15 is 0 Å². The second kappa shape index (κ2) is 7.82. The summed E-state index contributed by atoms with van der Waals surface area (Å²) < 4.78 is 0. The fraction of sp³-hybridized carbons (Fsp3) is 0.647. The van der Waals surface area contributed by atoms with Gasteiger partial charge in [0.15, 0.2) is 0 Å². The maximum atomic E-state index is 6.48. The first-order chi connectivity index (χ1) is 10.0. The van der Waals surface area contributed by atoms with E-state index in [9.17, 15) is 0 Å². The third-order valence-corrected chi connectivity index (χ3v) is 5.00. The highest BCUT2D eigenvalue weighted by Crippen LogP contribution is 2.40. The van der Waals surface area contributed by atoms with Gasteiger partial charge in [-0.2, -0.15) is 0 Å². The molecule has 2 nitrogen and oxygen atoms in total. The largest absolute Gasteiger partial charge is 0.314 e. The van der Waals surface area contributed by atoms with Gasteiger partial charge in [0, 0.05) is 34.2 Å². The quantitative estimate of drug-likeness (QED) is 0.856. The van der Waals surface area contributed by atoms with Crippen LogP contribution in [0.2, 0.25) is 10.0 Å². The van der Waals surface area contributed by atoms with Gasteiger partial charge >= 0.3 is 0 Å². The molecule has 1 fully saturated rings. The Morgan fingerprint density at radius 3 is 2.52 bits per heavy atom. The fourth-order valence-electron chi connectivity index (χ4n) is 3.27. The van der Waals surface area contributed by atoms with Crippen LogP contribution in [-0.4, -0.2) is 31.1 Å². The van der Waals surface area contributed by atoms with Crippen LogP contribution in [0.5, 0.6) is 0 Å². The molecule has 1 aliphatic rings. The molecule has 0 radical (unpaired) electrons. The Labute approximate surface area is 138 Å². The van der Waals surface area contributed by atoms with Crippen LogP contribution in [0.25, 0.3) is 0 Å². The van der Waals surface area contributed by atoms with Crippen LogP contribution in [0.4, 0.5) is 0 Å². The van der Waals surface area contributed by atoms with E-state index in [1.165, 1.54) is 19.3 Å². The molecule has 1 heterocycles. The van der Waals surface area contributed by atoms with E-state index < -0.39 is 0 Å². The average Bonchev–Trinajstić information content (AvgIpc) is 2.59. The van der Waals surface area contributed by atoms with Crippen LogP contribution in [0, 0.1) is 5.92 Å². The summed E-state index contributed by atoms with van der Waals surface area (Å²) in [5.41, 5.74) is 1.10. The number of halogens is 2. The minimum Gasteiger partial charge on any atom is -0.314 e. The molecular weight excluding hydrogens is 303 g/mol. The molecule has 2 atom stereocenters. The molecule has 0 spiro atoms. The van der Waals surface area contributed by atoms with Gasteiger partial charge in [-0.1, -0.05) is 49.5 Å². The molecule has 0 amide bonds. The molecule has 1 aromatic rings. The Balaban J connectivity index is 2.32.